The molecule has 0 fully saturated rings. The van der Waals surface area contributed by atoms with Crippen LogP contribution in [-0.2, 0) is 6.42 Å². The highest BCUT2D eigenvalue weighted by atomic mass is 32.1. The molecule has 2 aromatic rings. The second kappa shape index (κ2) is 4.82. The molecule has 1 aliphatic rings. The van der Waals surface area contributed by atoms with Gasteiger partial charge in [-0.15, -0.1) is 11.3 Å². The lowest BCUT2D eigenvalue weighted by Crippen LogP contribution is -2.22. The van der Waals surface area contributed by atoms with E-state index in [9.17, 15) is 4.39 Å². The van der Waals surface area contributed by atoms with Crippen molar-refractivity contribution >= 4 is 11.3 Å². The first-order chi connectivity index (χ1) is 8.75. The van der Waals surface area contributed by atoms with Gasteiger partial charge < -0.3 is 5.32 Å². The van der Waals surface area contributed by atoms with Gasteiger partial charge in [0.1, 0.15) is 5.82 Å². The molecule has 1 N–H and O–H groups in total. The Bertz CT molecular complexity index is 535. The Morgan fingerprint density at radius 2 is 2.22 bits per heavy atom. The first-order valence-corrected chi connectivity index (χ1v) is 7.20. The Hall–Kier alpha value is -1.19. The molecule has 1 aliphatic carbocycles. The number of rotatable bonds is 3. The summed E-state index contributed by atoms with van der Waals surface area (Å²) in [5.74, 6) is -0.0550. The van der Waals surface area contributed by atoms with E-state index in [1.807, 2.05) is 12.1 Å². The first-order valence-electron chi connectivity index (χ1n) is 6.32. The van der Waals surface area contributed by atoms with Crippen molar-refractivity contribution in [1.82, 2.24) is 5.32 Å². The van der Waals surface area contributed by atoms with Crippen LogP contribution in [-0.4, -0.2) is 0 Å². The van der Waals surface area contributed by atoms with Crippen LogP contribution < -0.4 is 5.32 Å². The van der Waals surface area contributed by atoms with E-state index >= 15 is 0 Å². The summed E-state index contributed by atoms with van der Waals surface area (Å²) in [6, 6.07) is 10.2. The van der Waals surface area contributed by atoms with Crippen LogP contribution in [0.5, 0.6) is 0 Å². The standard InChI is InChI=1S/C15H16FNS/c1-10(15-6-3-9-18-15)17-14-8-7-11-12(14)4-2-5-13(11)16/h2-6,9-10,14,17H,7-8H2,1H3/t10-,14?/m1/s1. The molecule has 3 rings (SSSR count). The number of hydrogen-bond acceptors (Lipinski definition) is 2. The van der Waals surface area contributed by atoms with Gasteiger partial charge in [-0.2, -0.15) is 0 Å². The topological polar surface area (TPSA) is 12.0 Å². The SMILES string of the molecule is C[C@@H](NC1CCc2c(F)cccc21)c1cccs1. The molecule has 3 heteroatoms. The first kappa shape index (κ1) is 11.9. The largest absolute Gasteiger partial charge is 0.303 e. The molecule has 0 saturated carbocycles. The lowest BCUT2D eigenvalue weighted by Gasteiger charge is -2.19. The lowest BCUT2D eigenvalue weighted by atomic mass is 10.1. The molecule has 1 unspecified atom stereocenters. The molecule has 1 heterocycles. The summed E-state index contributed by atoms with van der Waals surface area (Å²) in [6.07, 6.45) is 1.84. The number of thiophene rings is 1. The van der Waals surface area contributed by atoms with Crippen LogP contribution in [0.15, 0.2) is 35.7 Å². The number of halogens is 1. The minimum absolute atomic E-state index is 0.0550. The summed E-state index contributed by atoms with van der Waals surface area (Å²) in [6.45, 7) is 2.17. The number of fused-ring (bicyclic) bond motifs is 1. The fourth-order valence-corrected chi connectivity index (χ4v) is 3.45. The zero-order valence-corrected chi connectivity index (χ0v) is 11.1. The van der Waals surface area contributed by atoms with Gasteiger partial charge in [0, 0.05) is 17.0 Å². The molecular formula is C15H16FNS. The number of benzene rings is 1. The molecule has 0 spiro atoms. The van der Waals surface area contributed by atoms with Crippen molar-refractivity contribution in [2.75, 3.05) is 0 Å². The van der Waals surface area contributed by atoms with E-state index in [1.165, 1.54) is 4.88 Å². The molecule has 0 amide bonds. The normalized spacial score (nSPS) is 19.8. The van der Waals surface area contributed by atoms with Gasteiger partial charge in [0.25, 0.3) is 0 Å². The fraction of sp³-hybridized carbons (Fsp3) is 0.333. The molecule has 1 nitrogen and oxygen atoms in total. The summed E-state index contributed by atoms with van der Waals surface area (Å²) in [4.78, 5) is 1.33. The van der Waals surface area contributed by atoms with Crippen molar-refractivity contribution in [3.8, 4) is 0 Å². The Morgan fingerprint density at radius 3 is 3.00 bits per heavy atom. The summed E-state index contributed by atoms with van der Waals surface area (Å²) in [5, 5.41) is 5.70. The van der Waals surface area contributed by atoms with Crippen molar-refractivity contribution in [2.45, 2.75) is 31.8 Å². The maximum Gasteiger partial charge on any atom is 0.126 e. The van der Waals surface area contributed by atoms with E-state index < -0.39 is 0 Å². The summed E-state index contributed by atoms with van der Waals surface area (Å²) in [5.41, 5.74) is 2.03. The Labute approximate surface area is 111 Å². The van der Waals surface area contributed by atoms with Gasteiger partial charge in [-0.05, 0) is 48.4 Å². The third-order valence-electron chi connectivity index (χ3n) is 3.63. The van der Waals surface area contributed by atoms with Gasteiger partial charge in [-0.3, -0.25) is 0 Å². The Balaban J connectivity index is 1.79. The van der Waals surface area contributed by atoms with Gasteiger partial charge in [0.15, 0.2) is 0 Å². The number of hydrogen-bond donors (Lipinski definition) is 1. The fourth-order valence-electron chi connectivity index (χ4n) is 2.70. The number of nitrogens with one attached hydrogen (secondary N) is 1. The molecule has 1 aromatic carbocycles. The highest BCUT2D eigenvalue weighted by Gasteiger charge is 2.26. The maximum atomic E-state index is 13.6. The minimum Gasteiger partial charge on any atom is -0.303 e. The molecule has 0 bridgehead atoms. The Kier molecular flexibility index (Phi) is 3.18. The summed E-state index contributed by atoms with van der Waals surface area (Å²) in [7, 11) is 0. The van der Waals surface area contributed by atoms with Crippen molar-refractivity contribution in [2.24, 2.45) is 0 Å². The highest BCUT2D eigenvalue weighted by molar-refractivity contribution is 7.10. The van der Waals surface area contributed by atoms with E-state index in [0.29, 0.717) is 6.04 Å². The van der Waals surface area contributed by atoms with E-state index in [0.717, 1.165) is 24.0 Å². The third-order valence-corrected chi connectivity index (χ3v) is 4.69. The van der Waals surface area contributed by atoms with Crippen molar-refractivity contribution < 1.29 is 4.39 Å². The van der Waals surface area contributed by atoms with Crippen LogP contribution in [0.25, 0.3) is 0 Å². The van der Waals surface area contributed by atoms with Crippen molar-refractivity contribution in [3.05, 3.63) is 57.5 Å². The lowest BCUT2D eigenvalue weighted by molar-refractivity contribution is 0.469. The highest BCUT2D eigenvalue weighted by Crippen LogP contribution is 2.34. The summed E-state index contributed by atoms with van der Waals surface area (Å²) < 4.78 is 13.6. The quantitative estimate of drug-likeness (QED) is 0.872. The monoisotopic (exact) mass is 261 g/mol. The molecule has 0 radical (unpaired) electrons. The molecule has 18 heavy (non-hydrogen) atoms. The predicted octanol–water partition coefficient (Wildman–Crippen LogP) is 4.23. The van der Waals surface area contributed by atoms with Gasteiger partial charge in [-0.1, -0.05) is 18.2 Å². The average Bonchev–Trinajstić information content (AvgIpc) is 2.99. The van der Waals surface area contributed by atoms with Crippen molar-refractivity contribution in [3.63, 3.8) is 0 Å². The van der Waals surface area contributed by atoms with Crippen LogP contribution in [0.4, 0.5) is 4.39 Å². The van der Waals surface area contributed by atoms with E-state index in [2.05, 4.69) is 29.8 Å². The second-order valence-electron chi connectivity index (χ2n) is 4.80. The zero-order valence-electron chi connectivity index (χ0n) is 10.3. The zero-order chi connectivity index (χ0) is 12.5. The average molecular weight is 261 g/mol. The predicted molar refractivity (Wildman–Crippen MR) is 73.3 cm³/mol. The van der Waals surface area contributed by atoms with Crippen LogP contribution in [0.2, 0.25) is 0 Å². The van der Waals surface area contributed by atoms with Gasteiger partial charge in [0.2, 0.25) is 0 Å². The minimum atomic E-state index is -0.0550. The second-order valence-corrected chi connectivity index (χ2v) is 5.78. The molecule has 94 valence electrons. The molecule has 0 aliphatic heterocycles. The van der Waals surface area contributed by atoms with Gasteiger partial charge in [0.05, 0.1) is 0 Å². The van der Waals surface area contributed by atoms with Crippen LogP contribution in [0.3, 0.4) is 0 Å². The van der Waals surface area contributed by atoms with E-state index in [4.69, 9.17) is 0 Å². The van der Waals surface area contributed by atoms with Crippen LogP contribution in [0, 0.1) is 5.82 Å². The van der Waals surface area contributed by atoms with E-state index in [-0.39, 0.29) is 11.9 Å². The van der Waals surface area contributed by atoms with Gasteiger partial charge >= 0.3 is 0 Å². The smallest absolute Gasteiger partial charge is 0.126 e. The van der Waals surface area contributed by atoms with Crippen LogP contribution >= 0.6 is 11.3 Å². The molecular weight excluding hydrogens is 245 g/mol. The van der Waals surface area contributed by atoms with Gasteiger partial charge in [-0.25, -0.2) is 4.39 Å². The van der Waals surface area contributed by atoms with Crippen molar-refractivity contribution in [1.29, 1.82) is 0 Å². The van der Waals surface area contributed by atoms with E-state index in [1.54, 1.807) is 17.4 Å². The van der Waals surface area contributed by atoms with Crippen LogP contribution in [0.1, 0.15) is 41.4 Å². The Morgan fingerprint density at radius 1 is 1.33 bits per heavy atom. The maximum absolute atomic E-state index is 13.6. The molecule has 1 aromatic heterocycles. The summed E-state index contributed by atoms with van der Waals surface area (Å²) >= 11 is 1.76. The molecule has 0 saturated heterocycles. The molecule has 2 atom stereocenters. The third kappa shape index (κ3) is 2.08.